The summed E-state index contributed by atoms with van der Waals surface area (Å²) in [6, 6.07) is -0.227. The minimum absolute atomic E-state index is 0.0856. The van der Waals surface area contributed by atoms with Crippen molar-refractivity contribution in [2.24, 2.45) is 0 Å². The van der Waals surface area contributed by atoms with E-state index in [9.17, 15) is 14.7 Å². The van der Waals surface area contributed by atoms with Crippen LogP contribution in [0.3, 0.4) is 0 Å². The fourth-order valence-electron chi connectivity index (χ4n) is 1.98. The molecule has 2 atom stereocenters. The van der Waals surface area contributed by atoms with Gasteiger partial charge in [0.1, 0.15) is 0 Å². The predicted octanol–water partition coefficient (Wildman–Crippen LogP) is 1.87. The van der Waals surface area contributed by atoms with Gasteiger partial charge in [-0.2, -0.15) is 0 Å². The summed E-state index contributed by atoms with van der Waals surface area (Å²) in [5.41, 5.74) is -1.44. The van der Waals surface area contributed by atoms with Crippen molar-refractivity contribution in [3.8, 4) is 0 Å². The Hall–Kier alpha value is -1.30. The van der Waals surface area contributed by atoms with E-state index in [2.05, 4.69) is 24.5 Å². The SMILES string of the molecule is CCCCC(CCC)NC(=O)NCC(C)(O)CC(=O)O. The Kier molecular flexibility index (Phi) is 8.96. The maximum atomic E-state index is 11.7. The number of carbonyl (C=O) groups is 2. The van der Waals surface area contributed by atoms with E-state index >= 15 is 0 Å². The Balaban J connectivity index is 4.14. The smallest absolute Gasteiger partial charge is 0.315 e. The Morgan fingerprint density at radius 3 is 2.35 bits per heavy atom. The van der Waals surface area contributed by atoms with Gasteiger partial charge in [-0.1, -0.05) is 33.1 Å². The summed E-state index contributed by atoms with van der Waals surface area (Å²) in [6.07, 6.45) is 4.58. The molecule has 20 heavy (non-hydrogen) atoms. The van der Waals surface area contributed by atoms with Gasteiger partial charge in [0.25, 0.3) is 0 Å². The van der Waals surface area contributed by atoms with Crippen LogP contribution in [0.4, 0.5) is 4.79 Å². The molecule has 0 aliphatic carbocycles. The van der Waals surface area contributed by atoms with Crippen molar-refractivity contribution in [3.05, 3.63) is 0 Å². The third-order valence-electron chi connectivity index (χ3n) is 3.04. The molecule has 0 radical (unpaired) electrons. The molecule has 0 aromatic rings. The Bertz CT molecular complexity index is 306. The standard InChI is InChI=1S/C14H28N2O4/c1-4-6-8-11(7-5-2)16-13(19)15-10-14(3,20)9-12(17)18/h11,20H,4-10H2,1-3H3,(H,17,18)(H2,15,16,19). The molecule has 0 spiro atoms. The van der Waals surface area contributed by atoms with Crippen LogP contribution in [0, 0.1) is 0 Å². The van der Waals surface area contributed by atoms with E-state index in [0.29, 0.717) is 0 Å². The van der Waals surface area contributed by atoms with Crippen LogP contribution < -0.4 is 10.6 Å². The minimum atomic E-state index is -1.44. The first-order valence-electron chi connectivity index (χ1n) is 7.29. The second-order valence-corrected chi connectivity index (χ2v) is 5.52. The molecule has 0 saturated carbocycles. The maximum Gasteiger partial charge on any atom is 0.315 e. The third kappa shape index (κ3) is 9.61. The molecular formula is C14H28N2O4. The fraction of sp³-hybridized carbons (Fsp3) is 0.857. The summed E-state index contributed by atoms with van der Waals surface area (Å²) >= 11 is 0. The number of aliphatic carboxylic acids is 1. The van der Waals surface area contributed by atoms with Crippen LogP contribution in [-0.2, 0) is 4.79 Å². The zero-order valence-electron chi connectivity index (χ0n) is 12.7. The van der Waals surface area contributed by atoms with Crippen molar-refractivity contribution < 1.29 is 19.8 Å². The highest BCUT2D eigenvalue weighted by atomic mass is 16.4. The highest BCUT2D eigenvalue weighted by Gasteiger charge is 2.25. The zero-order chi connectivity index (χ0) is 15.6. The van der Waals surface area contributed by atoms with Crippen molar-refractivity contribution in [1.29, 1.82) is 0 Å². The first kappa shape index (κ1) is 18.7. The molecule has 0 aromatic carbocycles. The summed E-state index contributed by atoms with van der Waals surface area (Å²) < 4.78 is 0. The van der Waals surface area contributed by atoms with Gasteiger partial charge in [-0.15, -0.1) is 0 Å². The molecule has 0 saturated heterocycles. The average molecular weight is 288 g/mol. The first-order chi connectivity index (χ1) is 9.30. The largest absolute Gasteiger partial charge is 0.481 e. The number of amides is 2. The topological polar surface area (TPSA) is 98.7 Å². The summed E-state index contributed by atoms with van der Waals surface area (Å²) in [4.78, 5) is 22.3. The number of carbonyl (C=O) groups excluding carboxylic acids is 1. The molecule has 2 amide bonds. The molecule has 0 fully saturated rings. The molecule has 0 heterocycles. The highest BCUT2D eigenvalue weighted by molar-refractivity contribution is 5.74. The molecule has 2 unspecified atom stereocenters. The molecule has 4 N–H and O–H groups in total. The molecule has 0 aliphatic heterocycles. The molecule has 6 nitrogen and oxygen atoms in total. The van der Waals surface area contributed by atoms with Gasteiger partial charge in [0.05, 0.1) is 12.0 Å². The van der Waals surface area contributed by atoms with Crippen molar-refractivity contribution in [2.45, 2.75) is 70.9 Å². The fourth-order valence-corrected chi connectivity index (χ4v) is 1.98. The Morgan fingerprint density at radius 1 is 1.20 bits per heavy atom. The van der Waals surface area contributed by atoms with E-state index in [0.717, 1.165) is 32.1 Å². The van der Waals surface area contributed by atoms with E-state index < -0.39 is 18.0 Å². The van der Waals surface area contributed by atoms with Gasteiger partial charge in [0.15, 0.2) is 0 Å². The normalized spacial score (nSPS) is 15.2. The van der Waals surface area contributed by atoms with Crippen molar-refractivity contribution in [3.63, 3.8) is 0 Å². The lowest BCUT2D eigenvalue weighted by molar-refractivity contribution is -0.141. The minimum Gasteiger partial charge on any atom is -0.481 e. The average Bonchev–Trinajstić information content (AvgIpc) is 2.32. The van der Waals surface area contributed by atoms with Gasteiger partial charge >= 0.3 is 12.0 Å². The van der Waals surface area contributed by atoms with Gasteiger partial charge < -0.3 is 20.8 Å². The molecular weight excluding hydrogens is 260 g/mol. The number of urea groups is 1. The lowest BCUT2D eigenvalue weighted by atomic mass is 10.0. The second-order valence-electron chi connectivity index (χ2n) is 5.52. The van der Waals surface area contributed by atoms with Crippen LogP contribution >= 0.6 is 0 Å². The lowest BCUT2D eigenvalue weighted by Crippen LogP contribution is -2.48. The quantitative estimate of drug-likeness (QED) is 0.493. The number of rotatable bonds is 10. The van der Waals surface area contributed by atoms with Crippen LogP contribution in [0.25, 0.3) is 0 Å². The van der Waals surface area contributed by atoms with E-state index in [-0.39, 0.29) is 18.6 Å². The summed E-state index contributed by atoms with van der Waals surface area (Å²) in [6.45, 7) is 5.47. The van der Waals surface area contributed by atoms with E-state index in [1.54, 1.807) is 0 Å². The predicted molar refractivity (Wildman–Crippen MR) is 77.6 cm³/mol. The van der Waals surface area contributed by atoms with Crippen LogP contribution in [-0.4, -0.2) is 40.4 Å². The van der Waals surface area contributed by atoms with Crippen LogP contribution in [0.15, 0.2) is 0 Å². The van der Waals surface area contributed by atoms with Crippen LogP contribution in [0.2, 0.25) is 0 Å². The second kappa shape index (κ2) is 9.58. The highest BCUT2D eigenvalue weighted by Crippen LogP contribution is 2.08. The van der Waals surface area contributed by atoms with Gasteiger partial charge in [-0.05, 0) is 19.8 Å². The lowest BCUT2D eigenvalue weighted by Gasteiger charge is -2.23. The summed E-state index contributed by atoms with van der Waals surface area (Å²) in [7, 11) is 0. The van der Waals surface area contributed by atoms with Crippen LogP contribution in [0.1, 0.15) is 59.3 Å². The number of nitrogens with one attached hydrogen (secondary N) is 2. The molecule has 0 bridgehead atoms. The van der Waals surface area contributed by atoms with Gasteiger partial charge in [-0.25, -0.2) is 4.79 Å². The van der Waals surface area contributed by atoms with E-state index in [1.807, 2.05) is 0 Å². The zero-order valence-corrected chi connectivity index (χ0v) is 12.7. The summed E-state index contributed by atoms with van der Waals surface area (Å²) in [5, 5.41) is 23.8. The summed E-state index contributed by atoms with van der Waals surface area (Å²) in [5.74, 6) is -1.09. The molecule has 0 aromatic heterocycles. The number of carboxylic acid groups (broad SMARTS) is 1. The van der Waals surface area contributed by atoms with Gasteiger partial charge in [-0.3, -0.25) is 4.79 Å². The molecule has 118 valence electrons. The van der Waals surface area contributed by atoms with Gasteiger partial charge in [0.2, 0.25) is 0 Å². The molecule has 0 rings (SSSR count). The monoisotopic (exact) mass is 288 g/mol. The first-order valence-corrected chi connectivity index (χ1v) is 7.29. The number of carboxylic acids is 1. The van der Waals surface area contributed by atoms with Crippen molar-refractivity contribution >= 4 is 12.0 Å². The van der Waals surface area contributed by atoms with Crippen molar-refractivity contribution in [1.82, 2.24) is 10.6 Å². The Morgan fingerprint density at radius 2 is 1.85 bits per heavy atom. The number of aliphatic hydroxyl groups is 1. The number of hydrogen-bond acceptors (Lipinski definition) is 3. The Labute approximate surface area is 120 Å². The molecule has 0 aliphatic rings. The van der Waals surface area contributed by atoms with E-state index in [4.69, 9.17) is 5.11 Å². The third-order valence-corrected chi connectivity index (χ3v) is 3.04. The molecule has 6 heteroatoms. The number of unbranched alkanes of at least 4 members (excludes halogenated alkanes) is 1. The van der Waals surface area contributed by atoms with Crippen molar-refractivity contribution in [2.75, 3.05) is 6.54 Å². The van der Waals surface area contributed by atoms with Crippen LogP contribution in [0.5, 0.6) is 0 Å². The maximum absolute atomic E-state index is 11.7. The van der Waals surface area contributed by atoms with Gasteiger partial charge in [0, 0.05) is 12.6 Å². The number of hydrogen-bond donors (Lipinski definition) is 4. The van der Waals surface area contributed by atoms with E-state index in [1.165, 1.54) is 6.92 Å².